The highest BCUT2D eigenvalue weighted by Gasteiger charge is 2.34. The Morgan fingerprint density at radius 3 is 0.766 bits per heavy atom. The maximum atomic E-state index is 13.7. The van der Waals surface area contributed by atoms with Gasteiger partial charge in [-0.3, -0.25) is 0 Å². The fraction of sp³-hybridized carbons (Fsp3) is 0.500. The number of nitrogens with one attached hydrogen (secondary N) is 2. The van der Waals surface area contributed by atoms with E-state index in [1.54, 1.807) is 9.44 Å². The Kier molecular flexibility index (Phi) is 16.2. The third-order valence-electron chi connectivity index (χ3n) is 5.44. The molecule has 0 saturated heterocycles. The van der Waals surface area contributed by atoms with Gasteiger partial charge in [0.15, 0.2) is 56.3 Å². The van der Waals surface area contributed by atoms with Crippen LogP contribution in [0.5, 0.6) is 0 Å². The molecular weight excluding hydrogens is 714 g/mol. The second-order valence-corrected chi connectivity index (χ2v) is 12.1. The average Bonchev–Trinajstić information content (AvgIpc) is 3.01. The molecule has 0 aliphatic heterocycles. The predicted molar refractivity (Wildman–Crippen MR) is 137 cm³/mol. The Labute approximate surface area is 261 Å². The van der Waals surface area contributed by atoms with Crippen LogP contribution in [0.1, 0.15) is 0 Å². The van der Waals surface area contributed by atoms with E-state index in [1.807, 2.05) is 0 Å². The fourth-order valence-electron chi connectivity index (χ4n) is 3.26. The Hall–Kier alpha value is -2.64. The molecule has 0 aliphatic rings. The molecule has 0 atom stereocenters. The van der Waals surface area contributed by atoms with Gasteiger partial charge in [0, 0.05) is 13.1 Å². The van der Waals surface area contributed by atoms with E-state index in [1.165, 1.54) is 0 Å². The lowest BCUT2D eigenvalue weighted by molar-refractivity contribution is -0.0102. The third-order valence-corrected chi connectivity index (χ3v) is 8.40. The van der Waals surface area contributed by atoms with Crippen molar-refractivity contribution in [1.29, 1.82) is 0 Å². The molecule has 11 nitrogen and oxygen atoms in total. The molecular formula is C24H26F10N2O9S2. The van der Waals surface area contributed by atoms with Gasteiger partial charge in [0.2, 0.25) is 31.7 Å². The van der Waals surface area contributed by atoms with E-state index in [0.29, 0.717) is 0 Å². The zero-order chi connectivity index (χ0) is 35.4. The number of hydrogen-bond acceptors (Lipinski definition) is 9. The van der Waals surface area contributed by atoms with Crippen LogP contribution in [0, 0.1) is 58.2 Å². The summed E-state index contributed by atoms with van der Waals surface area (Å²) in [7, 11) is -10.2. The van der Waals surface area contributed by atoms with Gasteiger partial charge in [-0.2, -0.15) is 0 Å². The second kappa shape index (κ2) is 18.8. The normalized spacial score (nSPS) is 12.3. The molecule has 0 aromatic heterocycles. The summed E-state index contributed by atoms with van der Waals surface area (Å²) in [4.78, 5) is -4.03. The minimum atomic E-state index is -5.09. The SMILES string of the molecule is O=S(=O)(NCCOCCOCCOCCOCCOCCNS(=O)(=O)c1c(F)c(F)c(F)c(F)c1F)c1c(F)c(F)c(F)c(F)c1F. The molecule has 0 spiro atoms. The molecule has 268 valence electrons. The van der Waals surface area contributed by atoms with Gasteiger partial charge in [-0.05, 0) is 0 Å². The molecule has 0 saturated carbocycles. The van der Waals surface area contributed by atoms with Crippen LogP contribution < -0.4 is 9.44 Å². The summed E-state index contributed by atoms with van der Waals surface area (Å²) >= 11 is 0. The van der Waals surface area contributed by atoms with Crippen LogP contribution in [0.3, 0.4) is 0 Å². The minimum Gasteiger partial charge on any atom is -0.378 e. The summed E-state index contributed by atoms with van der Waals surface area (Å²) < 4.78 is 211. The molecule has 0 aliphatic carbocycles. The highest BCUT2D eigenvalue weighted by Crippen LogP contribution is 2.27. The van der Waals surface area contributed by atoms with Crippen molar-refractivity contribution >= 4 is 20.0 Å². The predicted octanol–water partition coefficient (Wildman–Crippen LogP) is 2.42. The van der Waals surface area contributed by atoms with Crippen LogP contribution >= 0.6 is 0 Å². The van der Waals surface area contributed by atoms with E-state index < -0.39 is 101 Å². The highest BCUT2D eigenvalue weighted by molar-refractivity contribution is 7.89. The maximum absolute atomic E-state index is 13.7. The third kappa shape index (κ3) is 11.2. The van der Waals surface area contributed by atoms with Gasteiger partial charge in [-0.1, -0.05) is 0 Å². The standard InChI is InChI=1S/C24H26F10N2O9S2/c25-13-15(27)19(31)23(20(32)16(13)28)46(37,38)35-1-3-41-5-7-43-9-11-45-12-10-44-8-6-42-4-2-36-47(39,40)24-21(33)17(29)14(26)18(30)22(24)34/h35-36H,1-12H2. The molecule has 2 N–H and O–H groups in total. The van der Waals surface area contributed by atoms with Crippen LogP contribution in [0.15, 0.2) is 9.79 Å². The molecule has 0 amide bonds. The minimum absolute atomic E-state index is 0.0271. The van der Waals surface area contributed by atoms with Crippen molar-refractivity contribution in [3.8, 4) is 0 Å². The monoisotopic (exact) mass is 740 g/mol. The molecule has 47 heavy (non-hydrogen) atoms. The number of rotatable bonds is 22. The van der Waals surface area contributed by atoms with E-state index >= 15 is 0 Å². The van der Waals surface area contributed by atoms with Gasteiger partial charge in [0.1, 0.15) is 0 Å². The molecule has 0 fully saturated rings. The number of ether oxygens (including phenoxy) is 5. The van der Waals surface area contributed by atoms with Crippen LogP contribution in [0.2, 0.25) is 0 Å². The summed E-state index contributed by atoms with van der Waals surface area (Å²) in [5.41, 5.74) is 0. The summed E-state index contributed by atoms with van der Waals surface area (Å²) in [5, 5.41) is 0. The van der Waals surface area contributed by atoms with Crippen LogP contribution in [-0.2, 0) is 43.7 Å². The zero-order valence-corrected chi connectivity index (χ0v) is 25.4. The molecule has 2 aromatic carbocycles. The van der Waals surface area contributed by atoms with Gasteiger partial charge in [-0.15, -0.1) is 0 Å². The lowest BCUT2D eigenvalue weighted by atomic mass is 10.3. The maximum Gasteiger partial charge on any atom is 0.246 e. The smallest absolute Gasteiger partial charge is 0.246 e. The Balaban J connectivity index is 1.46. The van der Waals surface area contributed by atoms with Crippen molar-refractivity contribution in [2.24, 2.45) is 0 Å². The van der Waals surface area contributed by atoms with Crippen molar-refractivity contribution in [3.05, 3.63) is 58.2 Å². The van der Waals surface area contributed by atoms with E-state index in [0.717, 1.165) is 0 Å². The lowest BCUT2D eigenvalue weighted by Gasteiger charge is -2.11. The van der Waals surface area contributed by atoms with Crippen molar-refractivity contribution < 1.29 is 84.4 Å². The first-order valence-electron chi connectivity index (χ1n) is 13.0. The van der Waals surface area contributed by atoms with E-state index in [-0.39, 0.29) is 66.1 Å². The van der Waals surface area contributed by atoms with Gasteiger partial charge in [0.25, 0.3) is 0 Å². The molecule has 23 heteroatoms. The van der Waals surface area contributed by atoms with E-state index in [2.05, 4.69) is 0 Å². The summed E-state index contributed by atoms with van der Waals surface area (Å²) in [6, 6.07) is 0. The quantitative estimate of drug-likeness (QED) is 0.0808. The zero-order valence-electron chi connectivity index (χ0n) is 23.8. The first-order valence-corrected chi connectivity index (χ1v) is 15.9. The van der Waals surface area contributed by atoms with Gasteiger partial charge in [-0.25, -0.2) is 70.2 Å². The van der Waals surface area contributed by atoms with Crippen molar-refractivity contribution in [1.82, 2.24) is 9.44 Å². The van der Waals surface area contributed by atoms with Crippen molar-refractivity contribution in [2.75, 3.05) is 79.2 Å². The number of sulfonamides is 2. The summed E-state index contributed by atoms with van der Waals surface area (Å²) in [6.07, 6.45) is 0. The second-order valence-electron chi connectivity index (χ2n) is 8.66. The number of benzene rings is 2. The van der Waals surface area contributed by atoms with Crippen molar-refractivity contribution in [2.45, 2.75) is 9.79 Å². The molecule has 0 radical (unpaired) electrons. The topological polar surface area (TPSA) is 138 Å². The molecule has 0 heterocycles. The first kappa shape index (κ1) is 40.5. The highest BCUT2D eigenvalue weighted by atomic mass is 32.2. The van der Waals surface area contributed by atoms with Gasteiger partial charge < -0.3 is 23.7 Å². The van der Waals surface area contributed by atoms with Gasteiger partial charge in [0.05, 0.1) is 66.1 Å². The van der Waals surface area contributed by atoms with Crippen LogP contribution in [0.25, 0.3) is 0 Å². The first-order chi connectivity index (χ1) is 22.1. The van der Waals surface area contributed by atoms with E-state index in [9.17, 15) is 60.7 Å². The number of halogens is 10. The molecule has 0 unspecified atom stereocenters. The molecule has 0 bridgehead atoms. The largest absolute Gasteiger partial charge is 0.378 e. The fourth-order valence-corrected chi connectivity index (χ4v) is 5.56. The van der Waals surface area contributed by atoms with E-state index in [4.69, 9.17) is 23.7 Å². The summed E-state index contributed by atoms with van der Waals surface area (Å²) in [5.74, 6) is -24.6. The molecule has 2 rings (SSSR count). The number of hydrogen-bond donors (Lipinski definition) is 2. The lowest BCUT2D eigenvalue weighted by Crippen LogP contribution is -2.30. The Morgan fingerprint density at radius 1 is 0.340 bits per heavy atom. The van der Waals surface area contributed by atoms with Crippen LogP contribution in [0.4, 0.5) is 43.9 Å². The van der Waals surface area contributed by atoms with Gasteiger partial charge >= 0.3 is 0 Å². The molecule has 2 aromatic rings. The Bertz CT molecular complexity index is 1410. The van der Waals surface area contributed by atoms with Crippen molar-refractivity contribution in [3.63, 3.8) is 0 Å². The van der Waals surface area contributed by atoms with Crippen LogP contribution in [-0.4, -0.2) is 96.0 Å². The summed E-state index contributed by atoms with van der Waals surface area (Å²) in [6.45, 7) is -1.33. The Morgan fingerprint density at radius 2 is 0.532 bits per heavy atom. The average molecular weight is 741 g/mol.